The number of hydrogen-bond donors (Lipinski definition) is 1. The second-order valence-corrected chi connectivity index (χ2v) is 8.26. The Labute approximate surface area is 196 Å². The minimum atomic E-state index is -0.122. The molecule has 1 fully saturated rings. The molecule has 9 heteroatoms. The van der Waals surface area contributed by atoms with E-state index in [1.54, 1.807) is 24.3 Å². The van der Waals surface area contributed by atoms with E-state index >= 15 is 0 Å². The Kier molecular flexibility index (Phi) is 5.99. The van der Waals surface area contributed by atoms with E-state index in [0.717, 1.165) is 29.7 Å². The lowest BCUT2D eigenvalue weighted by atomic mass is 9.96. The van der Waals surface area contributed by atoms with Crippen LogP contribution in [0.5, 0.6) is 11.5 Å². The standard InChI is InChI=1S/C25H24N4O5/c1-16(30)26-20-6-4-18(5-7-20)24-27-25(34-28-24)19-10-12-29(13-11-19)23(31)9-3-17-2-8-21-22(14-17)33-15-32-21/h2-9,14,19H,10-13,15H2,1H3,(H,26,30). The van der Waals surface area contributed by atoms with Gasteiger partial charge in [-0.05, 0) is 60.9 Å². The van der Waals surface area contributed by atoms with Crippen LogP contribution >= 0.6 is 0 Å². The number of fused-ring (bicyclic) bond motifs is 1. The molecular weight excluding hydrogens is 436 g/mol. The second kappa shape index (κ2) is 9.38. The molecule has 0 saturated carbocycles. The van der Waals surface area contributed by atoms with Crippen LogP contribution in [0, 0.1) is 0 Å². The highest BCUT2D eigenvalue weighted by molar-refractivity contribution is 5.92. The molecule has 0 bridgehead atoms. The molecule has 2 aromatic carbocycles. The largest absolute Gasteiger partial charge is 0.454 e. The quantitative estimate of drug-likeness (QED) is 0.577. The lowest BCUT2D eigenvalue weighted by Crippen LogP contribution is -2.36. The van der Waals surface area contributed by atoms with Crippen LogP contribution in [0.3, 0.4) is 0 Å². The fourth-order valence-corrected chi connectivity index (χ4v) is 4.06. The molecule has 2 aliphatic rings. The molecule has 2 aliphatic heterocycles. The molecule has 5 rings (SSSR count). The van der Waals surface area contributed by atoms with Gasteiger partial charge in [-0.25, -0.2) is 0 Å². The van der Waals surface area contributed by atoms with Crippen LogP contribution in [0.15, 0.2) is 53.1 Å². The summed E-state index contributed by atoms with van der Waals surface area (Å²) in [5.41, 5.74) is 2.41. The van der Waals surface area contributed by atoms with Crippen LogP contribution in [-0.4, -0.2) is 46.7 Å². The van der Waals surface area contributed by atoms with E-state index in [1.807, 2.05) is 35.2 Å². The smallest absolute Gasteiger partial charge is 0.246 e. The van der Waals surface area contributed by atoms with Crippen LogP contribution in [0.1, 0.15) is 37.1 Å². The maximum absolute atomic E-state index is 12.6. The first-order chi connectivity index (χ1) is 16.5. The van der Waals surface area contributed by atoms with Gasteiger partial charge in [0.25, 0.3) is 0 Å². The van der Waals surface area contributed by atoms with Crippen LogP contribution in [0.25, 0.3) is 17.5 Å². The average molecular weight is 460 g/mol. The Morgan fingerprint density at radius 2 is 1.82 bits per heavy atom. The predicted molar refractivity (Wildman–Crippen MR) is 124 cm³/mol. The Bertz CT molecular complexity index is 1230. The fourth-order valence-electron chi connectivity index (χ4n) is 4.06. The summed E-state index contributed by atoms with van der Waals surface area (Å²) in [5, 5.41) is 6.84. The summed E-state index contributed by atoms with van der Waals surface area (Å²) < 4.78 is 16.2. The first kappa shape index (κ1) is 21.7. The maximum atomic E-state index is 12.6. The van der Waals surface area contributed by atoms with Gasteiger partial charge >= 0.3 is 0 Å². The number of carbonyl (C=O) groups excluding carboxylic acids is 2. The van der Waals surface area contributed by atoms with E-state index < -0.39 is 0 Å². The van der Waals surface area contributed by atoms with Gasteiger partial charge in [0, 0.05) is 43.3 Å². The van der Waals surface area contributed by atoms with Crippen molar-refractivity contribution in [2.24, 2.45) is 0 Å². The molecule has 1 aromatic heterocycles. The van der Waals surface area contributed by atoms with E-state index in [0.29, 0.717) is 36.2 Å². The third kappa shape index (κ3) is 4.78. The van der Waals surface area contributed by atoms with Gasteiger partial charge in [-0.1, -0.05) is 11.2 Å². The summed E-state index contributed by atoms with van der Waals surface area (Å²) >= 11 is 0. The zero-order valence-electron chi connectivity index (χ0n) is 18.7. The van der Waals surface area contributed by atoms with Crippen molar-refractivity contribution in [3.05, 3.63) is 60.0 Å². The number of anilines is 1. The van der Waals surface area contributed by atoms with Gasteiger partial charge in [-0.15, -0.1) is 0 Å². The number of amides is 2. The van der Waals surface area contributed by atoms with Crippen molar-refractivity contribution in [1.29, 1.82) is 0 Å². The van der Waals surface area contributed by atoms with Crippen molar-refractivity contribution in [2.45, 2.75) is 25.7 Å². The third-order valence-electron chi connectivity index (χ3n) is 5.88. The van der Waals surface area contributed by atoms with Gasteiger partial charge in [0.1, 0.15) is 0 Å². The zero-order chi connectivity index (χ0) is 23.5. The molecule has 3 aromatic rings. The zero-order valence-corrected chi connectivity index (χ0v) is 18.7. The highest BCUT2D eigenvalue weighted by Crippen LogP contribution is 2.33. The Morgan fingerprint density at radius 1 is 1.06 bits per heavy atom. The topological polar surface area (TPSA) is 107 Å². The number of nitrogens with zero attached hydrogens (tertiary/aromatic N) is 3. The minimum Gasteiger partial charge on any atom is -0.454 e. The van der Waals surface area contributed by atoms with Gasteiger partial charge in [-0.3, -0.25) is 9.59 Å². The second-order valence-electron chi connectivity index (χ2n) is 8.26. The van der Waals surface area contributed by atoms with Gasteiger partial charge in [-0.2, -0.15) is 4.98 Å². The molecule has 0 aliphatic carbocycles. The number of rotatable bonds is 5. The summed E-state index contributed by atoms with van der Waals surface area (Å²) in [6.07, 6.45) is 4.89. The molecule has 0 radical (unpaired) electrons. The fraction of sp³-hybridized carbons (Fsp3) is 0.280. The number of piperidine rings is 1. The Balaban J connectivity index is 1.16. The van der Waals surface area contributed by atoms with E-state index in [9.17, 15) is 9.59 Å². The molecule has 1 saturated heterocycles. The number of nitrogens with one attached hydrogen (secondary N) is 1. The summed E-state index contributed by atoms with van der Waals surface area (Å²) in [6, 6.07) is 12.9. The van der Waals surface area contributed by atoms with E-state index in [4.69, 9.17) is 14.0 Å². The molecule has 0 atom stereocenters. The van der Waals surface area contributed by atoms with Gasteiger partial charge in [0.05, 0.1) is 0 Å². The third-order valence-corrected chi connectivity index (χ3v) is 5.88. The van der Waals surface area contributed by atoms with Crippen molar-refractivity contribution in [1.82, 2.24) is 15.0 Å². The van der Waals surface area contributed by atoms with Crippen LogP contribution in [0.2, 0.25) is 0 Å². The van der Waals surface area contributed by atoms with Crippen molar-refractivity contribution >= 4 is 23.6 Å². The molecule has 34 heavy (non-hydrogen) atoms. The van der Waals surface area contributed by atoms with Crippen molar-refractivity contribution in [2.75, 3.05) is 25.2 Å². The van der Waals surface area contributed by atoms with Crippen LogP contribution in [-0.2, 0) is 9.59 Å². The molecular formula is C25H24N4O5. The van der Waals surface area contributed by atoms with E-state index in [2.05, 4.69) is 15.5 Å². The van der Waals surface area contributed by atoms with Crippen molar-refractivity contribution in [3.63, 3.8) is 0 Å². The van der Waals surface area contributed by atoms with Crippen LogP contribution < -0.4 is 14.8 Å². The van der Waals surface area contributed by atoms with Gasteiger partial charge in [0.15, 0.2) is 11.5 Å². The summed E-state index contributed by atoms with van der Waals surface area (Å²) in [6.45, 7) is 2.94. The lowest BCUT2D eigenvalue weighted by molar-refractivity contribution is -0.127. The summed E-state index contributed by atoms with van der Waals surface area (Å²) in [7, 11) is 0. The number of hydrogen-bond acceptors (Lipinski definition) is 7. The predicted octanol–water partition coefficient (Wildman–Crippen LogP) is 3.84. The molecule has 0 spiro atoms. The van der Waals surface area contributed by atoms with Crippen LogP contribution in [0.4, 0.5) is 5.69 Å². The molecule has 2 amide bonds. The first-order valence-electron chi connectivity index (χ1n) is 11.1. The van der Waals surface area contributed by atoms with E-state index in [1.165, 1.54) is 6.92 Å². The molecule has 3 heterocycles. The summed E-state index contributed by atoms with van der Waals surface area (Å²) in [5.74, 6) is 2.47. The number of ether oxygens (including phenoxy) is 2. The summed E-state index contributed by atoms with van der Waals surface area (Å²) in [4.78, 5) is 30.2. The normalized spacial score (nSPS) is 15.6. The Hall–Kier alpha value is -4.14. The first-order valence-corrected chi connectivity index (χ1v) is 11.1. The Morgan fingerprint density at radius 3 is 2.59 bits per heavy atom. The monoisotopic (exact) mass is 460 g/mol. The number of aromatic nitrogens is 2. The van der Waals surface area contributed by atoms with Gasteiger partial charge in [0.2, 0.25) is 30.3 Å². The number of benzene rings is 2. The lowest BCUT2D eigenvalue weighted by Gasteiger charge is -2.29. The minimum absolute atomic E-state index is 0.0263. The maximum Gasteiger partial charge on any atom is 0.246 e. The van der Waals surface area contributed by atoms with Crippen molar-refractivity contribution < 1.29 is 23.6 Å². The van der Waals surface area contributed by atoms with Gasteiger partial charge < -0.3 is 24.2 Å². The number of carbonyl (C=O) groups is 2. The highest BCUT2D eigenvalue weighted by Gasteiger charge is 2.27. The molecule has 9 nitrogen and oxygen atoms in total. The molecule has 1 N–H and O–H groups in total. The van der Waals surface area contributed by atoms with E-state index in [-0.39, 0.29) is 24.5 Å². The number of likely N-dealkylation sites (tertiary alicyclic amines) is 1. The molecule has 174 valence electrons. The molecule has 0 unspecified atom stereocenters. The SMILES string of the molecule is CC(=O)Nc1ccc(-c2noc(C3CCN(C(=O)C=Cc4ccc5c(c4)OCO5)CC3)n2)cc1. The van der Waals surface area contributed by atoms with Crippen molar-refractivity contribution in [3.8, 4) is 22.9 Å². The average Bonchev–Trinajstić information content (AvgIpc) is 3.52. The highest BCUT2D eigenvalue weighted by atomic mass is 16.7.